The highest BCUT2D eigenvalue weighted by Gasteiger charge is 2.06. The van der Waals surface area contributed by atoms with Crippen LogP contribution in [-0.4, -0.2) is 17.2 Å². The van der Waals surface area contributed by atoms with E-state index in [-0.39, 0.29) is 16.9 Å². The fourth-order valence-electron chi connectivity index (χ4n) is 1.50. The van der Waals surface area contributed by atoms with Gasteiger partial charge in [0.15, 0.2) is 0 Å². The van der Waals surface area contributed by atoms with Gasteiger partial charge in [0.25, 0.3) is 5.91 Å². The lowest BCUT2D eigenvalue weighted by Gasteiger charge is -2.02. The molecule has 1 amide bonds. The van der Waals surface area contributed by atoms with Crippen LogP contribution in [0.1, 0.15) is 15.9 Å². The molecule has 0 saturated heterocycles. The minimum absolute atomic E-state index is 0.0544. The van der Waals surface area contributed by atoms with Gasteiger partial charge in [-0.25, -0.2) is 9.82 Å². The standard InChI is InChI=1S/C14H10ClFN2O2/c15-12-5-2-6-13(19)11(12)8-17-18-14(20)9-3-1-4-10(16)7-9/h1-8,19H,(H,18,20)/b17-8+. The van der Waals surface area contributed by atoms with Crippen molar-refractivity contribution in [3.63, 3.8) is 0 Å². The van der Waals surface area contributed by atoms with Crippen molar-refractivity contribution in [1.82, 2.24) is 5.43 Å². The van der Waals surface area contributed by atoms with E-state index in [0.29, 0.717) is 5.02 Å². The molecule has 0 aliphatic rings. The Labute approximate surface area is 119 Å². The molecule has 2 N–H and O–H groups in total. The third-order valence-corrected chi connectivity index (χ3v) is 2.81. The quantitative estimate of drug-likeness (QED) is 0.675. The van der Waals surface area contributed by atoms with Crippen molar-refractivity contribution in [3.05, 3.63) is 64.4 Å². The minimum Gasteiger partial charge on any atom is -0.507 e. The molecule has 0 aromatic heterocycles. The summed E-state index contributed by atoms with van der Waals surface area (Å²) in [5.74, 6) is -1.13. The van der Waals surface area contributed by atoms with Crippen molar-refractivity contribution >= 4 is 23.7 Å². The van der Waals surface area contributed by atoms with E-state index in [1.807, 2.05) is 0 Å². The monoisotopic (exact) mass is 292 g/mol. The molecule has 0 aliphatic carbocycles. The molecule has 4 nitrogen and oxygen atoms in total. The predicted octanol–water partition coefficient (Wildman–Crippen LogP) is 2.95. The third-order valence-electron chi connectivity index (χ3n) is 2.48. The largest absolute Gasteiger partial charge is 0.507 e. The lowest BCUT2D eigenvalue weighted by molar-refractivity contribution is 0.0954. The van der Waals surface area contributed by atoms with E-state index in [1.165, 1.54) is 30.5 Å². The van der Waals surface area contributed by atoms with E-state index in [0.717, 1.165) is 6.07 Å². The van der Waals surface area contributed by atoms with Crippen molar-refractivity contribution in [3.8, 4) is 5.75 Å². The van der Waals surface area contributed by atoms with Gasteiger partial charge in [-0.05, 0) is 30.3 Å². The average molecular weight is 293 g/mol. The number of hydrogen-bond donors (Lipinski definition) is 2. The lowest BCUT2D eigenvalue weighted by atomic mass is 10.2. The predicted molar refractivity (Wildman–Crippen MR) is 74.6 cm³/mol. The summed E-state index contributed by atoms with van der Waals surface area (Å²) >= 11 is 5.87. The highest BCUT2D eigenvalue weighted by atomic mass is 35.5. The average Bonchev–Trinajstić information content (AvgIpc) is 2.42. The van der Waals surface area contributed by atoms with E-state index < -0.39 is 11.7 Å². The molecule has 6 heteroatoms. The van der Waals surface area contributed by atoms with Crippen molar-refractivity contribution in [1.29, 1.82) is 0 Å². The third kappa shape index (κ3) is 3.33. The second-order valence-electron chi connectivity index (χ2n) is 3.88. The van der Waals surface area contributed by atoms with Crippen LogP contribution in [0.5, 0.6) is 5.75 Å². The lowest BCUT2D eigenvalue weighted by Crippen LogP contribution is -2.17. The number of phenolic OH excluding ortho intramolecular Hbond substituents is 1. The molecule has 0 radical (unpaired) electrons. The number of nitrogens with one attached hydrogen (secondary N) is 1. The number of phenols is 1. The van der Waals surface area contributed by atoms with Crippen LogP contribution in [0, 0.1) is 5.82 Å². The van der Waals surface area contributed by atoms with Crippen LogP contribution in [0.15, 0.2) is 47.6 Å². The Balaban J connectivity index is 2.09. The summed E-state index contributed by atoms with van der Waals surface area (Å²) in [5.41, 5.74) is 2.65. The summed E-state index contributed by atoms with van der Waals surface area (Å²) in [4.78, 5) is 11.7. The topological polar surface area (TPSA) is 61.7 Å². The maximum Gasteiger partial charge on any atom is 0.271 e. The second kappa shape index (κ2) is 6.16. The van der Waals surface area contributed by atoms with Gasteiger partial charge in [0.2, 0.25) is 0 Å². The second-order valence-corrected chi connectivity index (χ2v) is 4.29. The molecule has 0 saturated carbocycles. The first-order valence-electron chi connectivity index (χ1n) is 5.64. The van der Waals surface area contributed by atoms with Crippen LogP contribution in [0.3, 0.4) is 0 Å². The highest BCUT2D eigenvalue weighted by Crippen LogP contribution is 2.22. The number of amides is 1. The molecule has 20 heavy (non-hydrogen) atoms. The molecule has 0 atom stereocenters. The zero-order valence-electron chi connectivity index (χ0n) is 10.2. The Hall–Kier alpha value is -2.40. The van der Waals surface area contributed by atoms with Crippen molar-refractivity contribution in [2.24, 2.45) is 5.10 Å². The molecular formula is C14H10ClFN2O2. The van der Waals surface area contributed by atoms with Crippen LogP contribution in [-0.2, 0) is 0 Å². The van der Waals surface area contributed by atoms with Gasteiger partial charge in [0, 0.05) is 5.56 Å². The summed E-state index contributed by atoms with van der Waals surface area (Å²) in [6.07, 6.45) is 1.22. The fraction of sp³-hybridized carbons (Fsp3) is 0. The van der Waals surface area contributed by atoms with Gasteiger partial charge < -0.3 is 5.11 Å². The first-order valence-corrected chi connectivity index (χ1v) is 6.02. The molecule has 0 heterocycles. The van der Waals surface area contributed by atoms with Gasteiger partial charge in [0.1, 0.15) is 11.6 Å². The number of aromatic hydroxyl groups is 1. The minimum atomic E-state index is -0.563. The molecular weight excluding hydrogens is 283 g/mol. The Kier molecular flexibility index (Phi) is 4.32. The number of carbonyl (C=O) groups excluding carboxylic acids is 1. The molecule has 2 aromatic carbocycles. The summed E-state index contributed by atoms with van der Waals surface area (Å²) < 4.78 is 13.0. The number of rotatable bonds is 3. The van der Waals surface area contributed by atoms with Crippen LogP contribution >= 0.6 is 11.6 Å². The van der Waals surface area contributed by atoms with Gasteiger partial charge in [-0.1, -0.05) is 23.7 Å². The van der Waals surface area contributed by atoms with Crippen LogP contribution in [0.2, 0.25) is 5.02 Å². The van der Waals surface area contributed by atoms with E-state index in [1.54, 1.807) is 12.1 Å². The summed E-state index contributed by atoms with van der Waals surface area (Å²) in [6.45, 7) is 0. The smallest absolute Gasteiger partial charge is 0.271 e. The van der Waals surface area contributed by atoms with E-state index in [2.05, 4.69) is 10.5 Å². The molecule has 2 rings (SSSR count). The Morgan fingerprint density at radius 2 is 2.05 bits per heavy atom. The van der Waals surface area contributed by atoms with Gasteiger partial charge in [-0.3, -0.25) is 4.79 Å². The van der Waals surface area contributed by atoms with Gasteiger partial charge in [-0.2, -0.15) is 5.10 Å². The van der Waals surface area contributed by atoms with E-state index in [4.69, 9.17) is 11.6 Å². The molecule has 0 aliphatic heterocycles. The number of hydrazone groups is 1. The van der Waals surface area contributed by atoms with E-state index in [9.17, 15) is 14.3 Å². The summed E-state index contributed by atoms with van der Waals surface area (Å²) in [7, 11) is 0. The Morgan fingerprint density at radius 1 is 1.30 bits per heavy atom. The van der Waals surface area contributed by atoms with Crippen LogP contribution in [0.25, 0.3) is 0 Å². The fourth-order valence-corrected chi connectivity index (χ4v) is 1.72. The summed E-state index contributed by atoms with van der Waals surface area (Å²) in [5, 5.41) is 13.5. The van der Waals surface area contributed by atoms with Crippen molar-refractivity contribution < 1.29 is 14.3 Å². The Bertz CT molecular complexity index is 654. The zero-order valence-corrected chi connectivity index (χ0v) is 10.9. The van der Waals surface area contributed by atoms with E-state index >= 15 is 0 Å². The molecule has 0 fully saturated rings. The van der Waals surface area contributed by atoms with Gasteiger partial charge >= 0.3 is 0 Å². The number of nitrogens with zero attached hydrogens (tertiary/aromatic N) is 1. The van der Waals surface area contributed by atoms with Gasteiger partial charge in [-0.15, -0.1) is 0 Å². The highest BCUT2D eigenvalue weighted by molar-refractivity contribution is 6.33. The van der Waals surface area contributed by atoms with Crippen molar-refractivity contribution in [2.45, 2.75) is 0 Å². The number of hydrogen-bond acceptors (Lipinski definition) is 3. The van der Waals surface area contributed by atoms with Crippen LogP contribution < -0.4 is 5.43 Å². The maximum atomic E-state index is 13.0. The Morgan fingerprint density at radius 3 is 2.75 bits per heavy atom. The maximum absolute atomic E-state index is 13.0. The summed E-state index contributed by atoms with van der Waals surface area (Å²) in [6, 6.07) is 9.83. The molecule has 0 unspecified atom stereocenters. The molecule has 2 aromatic rings. The number of halogens is 2. The normalized spacial score (nSPS) is 10.7. The number of benzene rings is 2. The van der Waals surface area contributed by atoms with Crippen LogP contribution in [0.4, 0.5) is 4.39 Å². The zero-order chi connectivity index (χ0) is 14.5. The molecule has 0 bridgehead atoms. The molecule has 102 valence electrons. The first kappa shape index (κ1) is 14.0. The molecule has 0 spiro atoms. The van der Waals surface area contributed by atoms with Crippen molar-refractivity contribution in [2.75, 3.05) is 0 Å². The SMILES string of the molecule is O=C(N/N=C/c1c(O)cccc1Cl)c1cccc(F)c1. The van der Waals surface area contributed by atoms with Gasteiger partial charge in [0.05, 0.1) is 16.8 Å². The first-order chi connectivity index (χ1) is 9.58. The number of carbonyl (C=O) groups is 1.